The molecule has 178 valence electrons. The van der Waals surface area contributed by atoms with Crippen LogP contribution in [-0.2, 0) is 9.84 Å². The maximum Gasteiger partial charge on any atom is 0.274 e. The highest BCUT2D eigenvalue weighted by Gasteiger charge is 2.33. The third-order valence-corrected chi connectivity index (χ3v) is 8.58. The van der Waals surface area contributed by atoms with Crippen molar-refractivity contribution in [2.45, 2.75) is 19.4 Å². The summed E-state index contributed by atoms with van der Waals surface area (Å²) in [5.41, 5.74) is 4.24. The third-order valence-electron chi connectivity index (χ3n) is 6.60. The number of aryl methyl sites for hydroxylation is 1. The average molecular weight is 499 g/mol. The summed E-state index contributed by atoms with van der Waals surface area (Å²) < 4.78 is 26.0. The number of piperazine rings is 1. The summed E-state index contributed by atoms with van der Waals surface area (Å²) in [7, 11) is -3.09. The molecule has 34 heavy (non-hydrogen) atoms. The quantitative estimate of drug-likeness (QED) is 0.546. The van der Waals surface area contributed by atoms with E-state index in [9.17, 15) is 13.2 Å². The lowest BCUT2D eigenvalue weighted by Crippen LogP contribution is -2.48. The van der Waals surface area contributed by atoms with Gasteiger partial charge in [0.1, 0.15) is 0 Å². The molecule has 2 aliphatic heterocycles. The molecule has 9 heteroatoms. The lowest BCUT2D eigenvalue weighted by Gasteiger charge is -2.35. The van der Waals surface area contributed by atoms with Crippen LogP contribution in [0.1, 0.15) is 28.5 Å². The molecule has 1 atom stereocenters. The first kappa shape index (κ1) is 22.9. The largest absolute Gasteiger partial charge is 0.368 e. The van der Waals surface area contributed by atoms with E-state index in [1.165, 1.54) is 0 Å². The SMILES string of the molecule is Cc1ccc(-c2cc(C(=O)N3CCN(c4cccc(Cl)c4)CC3)nn2[C@@H]2CCS(=O)(=O)C2)cc1. The summed E-state index contributed by atoms with van der Waals surface area (Å²) >= 11 is 6.13. The van der Waals surface area contributed by atoms with Crippen LogP contribution >= 0.6 is 11.6 Å². The van der Waals surface area contributed by atoms with E-state index < -0.39 is 9.84 Å². The Bertz CT molecular complexity index is 1310. The van der Waals surface area contributed by atoms with Gasteiger partial charge in [-0.05, 0) is 43.2 Å². The Morgan fingerprint density at radius 1 is 1.03 bits per heavy atom. The van der Waals surface area contributed by atoms with Crippen LogP contribution in [0.15, 0.2) is 54.6 Å². The summed E-state index contributed by atoms with van der Waals surface area (Å²) in [6.45, 7) is 4.59. The molecule has 2 fully saturated rings. The predicted octanol–water partition coefficient (Wildman–Crippen LogP) is 3.83. The highest BCUT2D eigenvalue weighted by atomic mass is 35.5. The minimum atomic E-state index is -3.09. The van der Waals surface area contributed by atoms with Crippen molar-refractivity contribution in [1.29, 1.82) is 0 Å². The number of hydrogen-bond acceptors (Lipinski definition) is 5. The number of sulfone groups is 1. The fourth-order valence-corrected chi connectivity index (χ4v) is 6.56. The molecule has 2 aliphatic rings. The van der Waals surface area contributed by atoms with Crippen molar-refractivity contribution in [2.24, 2.45) is 0 Å². The molecular weight excluding hydrogens is 472 g/mol. The molecule has 0 spiro atoms. The summed E-state index contributed by atoms with van der Waals surface area (Å²) in [6, 6.07) is 17.3. The van der Waals surface area contributed by atoms with Crippen molar-refractivity contribution in [3.8, 4) is 11.3 Å². The first-order chi connectivity index (χ1) is 16.3. The summed E-state index contributed by atoms with van der Waals surface area (Å²) in [5.74, 6) is 0.0812. The molecule has 3 aromatic rings. The van der Waals surface area contributed by atoms with E-state index in [0.717, 1.165) is 22.5 Å². The number of anilines is 1. The maximum absolute atomic E-state index is 13.4. The van der Waals surface area contributed by atoms with E-state index >= 15 is 0 Å². The van der Waals surface area contributed by atoms with E-state index in [-0.39, 0.29) is 23.5 Å². The van der Waals surface area contributed by atoms with Crippen molar-refractivity contribution < 1.29 is 13.2 Å². The molecule has 1 amide bonds. The Balaban J connectivity index is 1.38. The van der Waals surface area contributed by atoms with Crippen LogP contribution in [0.4, 0.5) is 5.69 Å². The van der Waals surface area contributed by atoms with Crippen LogP contribution in [0.2, 0.25) is 5.02 Å². The van der Waals surface area contributed by atoms with E-state index in [2.05, 4.69) is 10.00 Å². The van der Waals surface area contributed by atoms with Crippen molar-refractivity contribution in [3.05, 3.63) is 70.9 Å². The Hall–Kier alpha value is -2.84. The summed E-state index contributed by atoms with van der Waals surface area (Å²) in [4.78, 5) is 17.4. The molecular formula is C25H27ClN4O3S. The summed E-state index contributed by atoms with van der Waals surface area (Å²) in [5, 5.41) is 5.34. The smallest absolute Gasteiger partial charge is 0.274 e. The second-order valence-corrected chi connectivity index (χ2v) is 11.7. The number of carbonyl (C=O) groups is 1. The van der Waals surface area contributed by atoms with Crippen LogP contribution in [-0.4, -0.2) is 66.7 Å². The Morgan fingerprint density at radius 3 is 2.41 bits per heavy atom. The van der Waals surface area contributed by atoms with Gasteiger partial charge in [0.05, 0.1) is 23.2 Å². The van der Waals surface area contributed by atoms with Gasteiger partial charge in [-0.1, -0.05) is 47.5 Å². The molecule has 3 heterocycles. The lowest BCUT2D eigenvalue weighted by molar-refractivity contribution is 0.0739. The Morgan fingerprint density at radius 2 is 1.76 bits per heavy atom. The zero-order valence-electron chi connectivity index (χ0n) is 19.0. The highest BCUT2D eigenvalue weighted by Crippen LogP contribution is 2.31. The second-order valence-electron chi connectivity index (χ2n) is 9.04. The molecule has 0 radical (unpaired) electrons. The number of rotatable bonds is 4. The Labute approximate surface area is 204 Å². The van der Waals surface area contributed by atoms with Crippen LogP contribution in [0.3, 0.4) is 0 Å². The lowest BCUT2D eigenvalue weighted by atomic mass is 10.1. The second kappa shape index (κ2) is 9.07. The number of carbonyl (C=O) groups excluding carboxylic acids is 1. The first-order valence-electron chi connectivity index (χ1n) is 11.5. The summed E-state index contributed by atoms with van der Waals surface area (Å²) in [6.07, 6.45) is 0.509. The van der Waals surface area contributed by atoms with Gasteiger partial charge in [0.15, 0.2) is 15.5 Å². The number of amides is 1. The van der Waals surface area contributed by atoms with Crippen molar-refractivity contribution in [2.75, 3.05) is 42.6 Å². The van der Waals surface area contributed by atoms with E-state index in [1.807, 2.05) is 60.4 Å². The fourth-order valence-electron chi connectivity index (χ4n) is 4.69. The van der Waals surface area contributed by atoms with Gasteiger partial charge < -0.3 is 9.80 Å². The predicted molar refractivity (Wildman–Crippen MR) is 134 cm³/mol. The molecule has 5 rings (SSSR count). The minimum absolute atomic E-state index is 0.0550. The van der Waals surface area contributed by atoms with E-state index in [4.69, 9.17) is 11.6 Å². The normalized spacial score (nSPS) is 20.0. The van der Waals surface area contributed by atoms with Crippen LogP contribution < -0.4 is 4.90 Å². The average Bonchev–Trinajstić information content (AvgIpc) is 3.42. The minimum Gasteiger partial charge on any atom is -0.368 e. The molecule has 0 bridgehead atoms. The van der Waals surface area contributed by atoms with Gasteiger partial charge >= 0.3 is 0 Å². The third kappa shape index (κ3) is 4.70. The number of hydrogen-bond donors (Lipinski definition) is 0. The van der Waals surface area contributed by atoms with Gasteiger partial charge in [-0.25, -0.2) is 8.42 Å². The van der Waals surface area contributed by atoms with Crippen molar-refractivity contribution in [1.82, 2.24) is 14.7 Å². The van der Waals surface area contributed by atoms with Gasteiger partial charge in [-0.15, -0.1) is 0 Å². The number of aromatic nitrogens is 2. The molecule has 2 saturated heterocycles. The molecule has 1 aromatic heterocycles. The molecule has 0 unspecified atom stereocenters. The van der Waals surface area contributed by atoms with E-state index in [0.29, 0.717) is 43.3 Å². The molecule has 0 aliphatic carbocycles. The van der Waals surface area contributed by atoms with Gasteiger partial charge in [-0.3, -0.25) is 9.48 Å². The number of nitrogens with zero attached hydrogens (tertiary/aromatic N) is 4. The van der Waals surface area contributed by atoms with Gasteiger partial charge in [0, 0.05) is 36.9 Å². The number of halogens is 1. The zero-order chi connectivity index (χ0) is 23.9. The molecule has 0 saturated carbocycles. The topological polar surface area (TPSA) is 75.5 Å². The molecule has 7 nitrogen and oxygen atoms in total. The highest BCUT2D eigenvalue weighted by molar-refractivity contribution is 7.91. The molecule has 0 N–H and O–H groups in total. The zero-order valence-corrected chi connectivity index (χ0v) is 20.6. The van der Waals surface area contributed by atoms with E-state index in [1.54, 1.807) is 10.7 Å². The Kier molecular flexibility index (Phi) is 6.12. The van der Waals surface area contributed by atoms with Crippen LogP contribution in [0.5, 0.6) is 0 Å². The van der Waals surface area contributed by atoms with Gasteiger partial charge in [-0.2, -0.15) is 5.10 Å². The van der Waals surface area contributed by atoms with Gasteiger partial charge in [0.25, 0.3) is 5.91 Å². The molecule has 2 aromatic carbocycles. The van der Waals surface area contributed by atoms with Gasteiger partial charge in [0.2, 0.25) is 0 Å². The number of benzene rings is 2. The monoisotopic (exact) mass is 498 g/mol. The van der Waals surface area contributed by atoms with Crippen LogP contribution in [0, 0.1) is 6.92 Å². The van der Waals surface area contributed by atoms with Crippen LogP contribution in [0.25, 0.3) is 11.3 Å². The first-order valence-corrected chi connectivity index (χ1v) is 13.7. The fraction of sp³-hybridized carbons (Fsp3) is 0.360. The van der Waals surface area contributed by atoms with Crippen molar-refractivity contribution >= 4 is 33.0 Å². The maximum atomic E-state index is 13.4. The van der Waals surface area contributed by atoms with Crippen molar-refractivity contribution in [3.63, 3.8) is 0 Å². The standard InChI is InChI=1S/C25H27ClN4O3S/c1-18-5-7-19(8-6-18)24-16-23(27-30(24)22-9-14-34(32,33)17-22)25(31)29-12-10-28(11-13-29)21-4-2-3-20(26)15-21/h2-8,15-16,22H,9-14,17H2,1H3/t22-/m1/s1.